The van der Waals surface area contributed by atoms with Crippen molar-refractivity contribution in [1.82, 2.24) is 15.2 Å². The van der Waals surface area contributed by atoms with Gasteiger partial charge in [-0.1, -0.05) is 0 Å². The summed E-state index contributed by atoms with van der Waals surface area (Å²) in [6, 6.07) is 2.91. The first-order chi connectivity index (χ1) is 9.25. The number of aromatic nitrogens is 3. The van der Waals surface area contributed by atoms with E-state index in [1.807, 2.05) is 0 Å². The molecule has 106 valence electrons. The van der Waals surface area contributed by atoms with E-state index in [4.69, 9.17) is 0 Å². The van der Waals surface area contributed by atoms with E-state index in [0.717, 1.165) is 12.1 Å². The predicted molar refractivity (Wildman–Crippen MR) is 64.0 cm³/mol. The molecule has 3 N–H and O–H groups in total. The van der Waals surface area contributed by atoms with E-state index in [2.05, 4.69) is 20.5 Å². The van der Waals surface area contributed by atoms with Gasteiger partial charge in [-0.25, -0.2) is 9.89 Å². The van der Waals surface area contributed by atoms with Gasteiger partial charge in [0, 0.05) is 18.2 Å². The predicted octanol–water partition coefficient (Wildman–Crippen LogP) is 1.74. The van der Waals surface area contributed by atoms with Crippen molar-refractivity contribution in [1.29, 1.82) is 0 Å². The highest BCUT2D eigenvalue weighted by Crippen LogP contribution is 2.33. The van der Waals surface area contributed by atoms with Crippen LogP contribution in [0.25, 0.3) is 11.4 Å². The van der Waals surface area contributed by atoms with Gasteiger partial charge < -0.3 is 5.32 Å². The summed E-state index contributed by atoms with van der Waals surface area (Å²) in [4.78, 5) is 24.1. The van der Waals surface area contributed by atoms with Crippen LogP contribution in [-0.4, -0.2) is 21.1 Å². The molecule has 2 rings (SSSR count). The number of H-pyrrole nitrogens is 2. The Balaban J connectivity index is 2.56. The van der Waals surface area contributed by atoms with Crippen LogP contribution >= 0.6 is 0 Å². The monoisotopic (exact) mass is 286 g/mol. The molecular weight excluding hydrogens is 277 g/mol. The molecule has 1 aromatic carbocycles. The molecule has 2 aromatic rings. The van der Waals surface area contributed by atoms with Gasteiger partial charge >= 0.3 is 11.9 Å². The molecule has 0 fully saturated rings. The van der Waals surface area contributed by atoms with E-state index in [1.54, 1.807) is 0 Å². The Hall–Kier alpha value is -2.58. The zero-order valence-corrected chi connectivity index (χ0v) is 10.1. The Morgan fingerprint density at radius 1 is 1.30 bits per heavy atom. The minimum Gasteiger partial charge on any atom is -0.326 e. The van der Waals surface area contributed by atoms with Crippen molar-refractivity contribution in [3.05, 3.63) is 34.2 Å². The van der Waals surface area contributed by atoms with Gasteiger partial charge in [-0.15, -0.1) is 0 Å². The molecule has 0 atom stereocenters. The van der Waals surface area contributed by atoms with E-state index in [-0.39, 0.29) is 17.1 Å². The number of anilines is 1. The number of nitrogens with one attached hydrogen (secondary N) is 3. The highest BCUT2D eigenvalue weighted by atomic mass is 19.4. The average Bonchev–Trinajstić information content (AvgIpc) is 2.73. The number of nitrogens with zero attached hydrogens (tertiary/aromatic N) is 1. The molecule has 0 unspecified atom stereocenters. The number of carbonyl (C=O) groups excluding carboxylic acids is 1. The number of benzene rings is 1. The average molecular weight is 286 g/mol. The molecule has 6 nitrogen and oxygen atoms in total. The zero-order valence-electron chi connectivity index (χ0n) is 10.1. The smallest absolute Gasteiger partial charge is 0.326 e. The fourth-order valence-electron chi connectivity index (χ4n) is 1.61. The Morgan fingerprint density at radius 3 is 2.50 bits per heavy atom. The van der Waals surface area contributed by atoms with E-state index in [0.29, 0.717) is 0 Å². The molecule has 0 radical (unpaired) electrons. The van der Waals surface area contributed by atoms with Gasteiger partial charge in [-0.2, -0.15) is 18.3 Å². The third-order valence-electron chi connectivity index (χ3n) is 2.36. The first-order valence-electron chi connectivity index (χ1n) is 5.40. The summed E-state index contributed by atoms with van der Waals surface area (Å²) in [5.41, 5.74) is -1.60. The lowest BCUT2D eigenvalue weighted by molar-refractivity contribution is -0.137. The summed E-state index contributed by atoms with van der Waals surface area (Å²) >= 11 is 0. The van der Waals surface area contributed by atoms with Crippen LogP contribution in [0, 0.1) is 0 Å². The maximum Gasteiger partial charge on any atom is 0.416 e. The number of amides is 1. The van der Waals surface area contributed by atoms with Gasteiger partial charge in [0.25, 0.3) is 0 Å². The van der Waals surface area contributed by atoms with Crippen LogP contribution in [0.4, 0.5) is 18.9 Å². The topological polar surface area (TPSA) is 90.6 Å². The molecular formula is C11H9F3N4O2. The molecule has 0 bridgehead atoms. The number of halogens is 3. The van der Waals surface area contributed by atoms with Crippen molar-refractivity contribution < 1.29 is 18.0 Å². The minimum atomic E-state index is -4.58. The highest BCUT2D eigenvalue weighted by Gasteiger charge is 2.31. The number of rotatable bonds is 2. The number of carbonyl (C=O) groups is 1. The number of alkyl halides is 3. The summed E-state index contributed by atoms with van der Waals surface area (Å²) < 4.78 is 38.4. The van der Waals surface area contributed by atoms with Crippen LogP contribution in [0.3, 0.4) is 0 Å². The third-order valence-corrected chi connectivity index (χ3v) is 2.36. The maximum atomic E-state index is 12.8. The lowest BCUT2D eigenvalue weighted by Crippen LogP contribution is -2.10. The van der Waals surface area contributed by atoms with Gasteiger partial charge in [0.05, 0.1) is 5.56 Å². The van der Waals surface area contributed by atoms with Crippen molar-refractivity contribution in [3.63, 3.8) is 0 Å². The molecule has 1 heterocycles. The molecule has 20 heavy (non-hydrogen) atoms. The first-order valence-corrected chi connectivity index (χ1v) is 5.40. The third kappa shape index (κ3) is 3.05. The quantitative estimate of drug-likeness (QED) is 0.785. The highest BCUT2D eigenvalue weighted by molar-refractivity contribution is 5.89. The second-order valence-corrected chi connectivity index (χ2v) is 4.00. The molecule has 0 saturated heterocycles. The number of hydrogen-bond donors (Lipinski definition) is 3. The lowest BCUT2D eigenvalue weighted by atomic mass is 10.1. The van der Waals surface area contributed by atoms with E-state index < -0.39 is 23.3 Å². The van der Waals surface area contributed by atoms with Crippen molar-refractivity contribution in [2.75, 3.05) is 5.32 Å². The zero-order chi connectivity index (χ0) is 14.9. The van der Waals surface area contributed by atoms with E-state index in [1.165, 1.54) is 13.0 Å². The van der Waals surface area contributed by atoms with Crippen LogP contribution in [0.1, 0.15) is 12.5 Å². The molecule has 0 saturated carbocycles. The SMILES string of the molecule is CC(=O)Nc1cc(-c2n[nH]c(=O)[nH]2)cc(C(F)(F)F)c1. The number of aromatic amines is 2. The Bertz CT molecular complexity index is 702. The van der Waals surface area contributed by atoms with Gasteiger partial charge in [0.15, 0.2) is 5.82 Å². The molecule has 0 aliphatic carbocycles. The van der Waals surface area contributed by atoms with Crippen molar-refractivity contribution >= 4 is 11.6 Å². The molecule has 0 aliphatic rings. The normalized spacial score (nSPS) is 11.4. The summed E-state index contributed by atoms with van der Waals surface area (Å²) in [6.45, 7) is 1.18. The van der Waals surface area contributed by atoms with Crippen LogP contribution in [-0.2, 0) is 11.0 Å². The molecule has 9 heteroatoms. The molecule has 0 spiro atoms. The van der Waals surface area contributed by atoms with Crippen LogP contribution in [0.2, 0.25) is 0 Å². The molecule has 0 aliphatic heterocycles. The van der Waals surface area contributed by atoms with Crippen molar-refractivity contribution in [2.45, 2.75) is 13.1 Å². The first kappa shape index (κ1) is 13.8. The van der Waals surface area contributed by atoms with Crippen LogP contribution in [0.15, 0.2) is 23.0 Å². The summed E-state index contributed by atoms with van der Waals surface area (Å²) in [7, 11) is 0. The van der Waals surface area contributed by atoms with Crippen molar-refractivity contribution in [3.8, 4) is 11.4 Å². The van der Waals surface area contributed by atoms with Crippen LogP contribution < -0.4 is 11.0 Å². The minimum absolute atomic E-state index is 0.0296. The van der Waals surface area contributed by atoms with Crippen molar-refractivity contribution in [2.24, 2.45) is 0 Å². The van der Waals surface area contributed by atoms with E-state index in [9.17, 15) is 22.8 Å². The molecule has 1 amide bonds. The second kappa shape index (κ2) is 4.83. The summed E-state index contributed by atoms with van der Waals surface area (Å²) in [5, 5.41) is 7.88. The summed E-state index contributed by atoms with van der Waals surface area (Å²) in [5.74, 6) is -0.557. The second-order valence-electron chi connectivity index (χ2n) is 4.00. The Labute approximate surface area is 110 Å². The Kier molecular flexibility index (Phi) is 3.35. The van der Waals surface area contributed by atoms with E-state index >= 15 is 0 Å². The Morgan fingerprint density at radius 2 is 2.00 bits per heavy atom. The largest absolute Gasteiger partial charge is 0.416 e. The van der Waals surface area contributed by atoms with Gasteiger partial charge in [0.1, 0.15) is 0 Å². The van der Waals surface area contributed by atoms with Crippen LogP contribution in [0.5, 0.6) is 0 Å². The molecule has 1 aromatic heterocycles. The maximum absolute atomic E-state index is 12.8. The fraction of sp³-hybridized carbons (Fsp3) is 0.182. The van der Waals surface area contributed by atoms with Gasteiger partial charge in [-0.3, -0.25) is 9.78 Å². The lowest BCUT2D eigenvalue weighted by Gasteiger charge is -2.11. The fourth-order valence-corrected chi connectivity index (χ4v) is 1.61. The summed E-state index contributed by atoms with van der Waals surface area (Å²) in [6.07, 6.45) is -4.58. The van der Waals surface area contributed by atoms with Gasteiger partial charge in [-0.05, 0) is 18.2 Å². The van der Waals surface area contributed by atoms with Gasteiger partial charge in [0.2, 0.25) is 5.91 Å². The number of hydrogen-bond acceptors (Lipinski definition) is 3. The standard InChI is InChI=1S/C11H9F3N4O2/c1-5(19)15-8-3-6(9-16-10(20)18-17-9)2-7(4-8)11(12,13)14/h2-4H,1H3,(H,15,19)(H2,16,17,18,20).